The average Bonchev–Trinajstić information content (AvgIpc) is 0.697. The monoisotopic (exact) mass is 1030 g/mol. The Bertz CT molecular complexity index is 3600. The molecule has 4 aromatic heterocycles. The summed E-state index contributed by atoms with van der Waals surface area (Å²) in [5.41, 5.74) is 5.52. The Balaban J connectivity index is 0.000000146. The van der Waals surface area contributed by atoms with E-state index >= 15 is 0 Å². The van der Waals surface area contributed by atoms with Crippen LogP contribution in [0.1, 0.15) is 72.5 Å². The van der Waals surface area contributed by atoms with E-state index < -0.39 is 23.8 Å². The standard InChI is InChI=1S/C27H24N6O4.C26H22F2N6O5/c1-26-18-21-19(26)23-20(26)22(18)27(21,23)10-29-25(36)14-7-13(31-16-4-5-30-33(14)16)24(35)28-8-11-2-3-15-12(6-11)32-17(34)9-37-15;1-26(27,28)39-17-5-2-15(3-6-17)12-30-25(37)20-11-19(32-22-8-9-31-34(20)22)24(36)29-13-16-4-7-21-18(10-16)33-23(35)14-38-21/h2-7,18-23H,8-10H2,1H3,(H,28,35)(H,29,36)(H,32,34);2-11H,12-14H2,1H3,(H,29,36)(H,30,37)(H,33,35). The van der Waals surface area contributed by atoms with Crippen LogP contribution in [0.15, 0.2) is 97.3 Å². The van der Waals surface area contributed by atoms with Crippen molar-refractivity contribution in [1.82, 2.24) is 50.5 Å². The zero-order chi connectivity index (χ0) is 52.4. The third kappa shape index (κ3) is 7.29. The number of hydrogen-bond acceptors (Lipinski definition) is 13. The van der Waals surface area contributed by atoms with Crippen molar-refractivity contribution >= 4 is 58.1 Å². The number of halogens is 2. The van der Waals surface area contributed by atoms with Gasteiger partial charge in [-0.1, -0.05) is 31.2 Å². The molecule has 3 aromatic carbocycles. The molecule has 6 N–H and O–H groups in total. The van der Waals surface area contributed by atoms with Crippen molar-refractivity contribution in [2.75, 3.05) is 30.4 Å². The molecule has 23 heteroatoms. The SMILES string of the molecule is CC(F)(F)Oc1ccc(CNC(=O)c2cc(C(=O)NCc3ccc4c(c3)NC(=O)CO4)nc3ccnn23)cc1.CC12C3C4C1C1C2C3C41CNC(=O)c1cc(C(=O)NCc2ccc3c(c2)NC(=O)CO3)nc2ccnn12. The van der Waals surface area contributed by atoms with Crippen LogP contribution < -0.4 is 46.1 Å². The zero-order valence-corrected chi connectivity index (χ0v) is 40.6. The number of nitrogens with one attached hydrogen (secondary N) is 6. The molecular formula is C53H46F2N12O9. The highest BCUT2D eigenvalue weighted by Crippen LogP contribution is 3.10. The molecule has 0 spiro atoms. The van der Waals surface area contributed by atoms with E-state index in [1.165, 1.54) is 39.5 Å². The van der Waals surface area contributed by atoms with E-state index in [2.05, 4.69) is 63.7 Å². The molecule has 21 nitrogen and oxygen atoms in total. The van der Waals surface area contributed by atoms with Crippen LogP contribution in [-0.2, 0) is 29.2 Å². The normalized spacial score (nSPS) is 24.9. The van der Waals surface area contributed by atoms with Crippen molar-refractivity contribution in [2.45, 2.75) is 39.6 Å². The summed E-state index contributed by atoms with van der Waals surface area (Å²) in [5.74, 6) is 4.20. The second kappa shape index (κ2) is 17.0. The molecule has 0 bridgehead atoms. The Kier molecular flexibility index (Phi) is 10.5. The smallest absolute Gasteiger partial charge is 0.394 e. The second-order valence-electron chi connectivity index (χ2n) is 20.5. The predicted octanol–water partition coefficient (Wildman–Crippen LogP) is 4.39. The van der Waals surface area contributed by atoms with Crippen molar-refractivity contribution in [3.05, 3.63) is 137 Å². The number of fused-ring (bicyclic) bond motifs is 4. The van der Waals surface area contributed by atoms with Gasteiger partial charge in [-0.25, -0.2) is 19.0 Å². The minimum atomic E-state index is -3.30. The Morgan fingerprint density at radius 3 is 1.57 bits per heavy atom. The van der Waals surface area contributed by atoms with E-state index in [4.69, 9.17) is 9.47 Å². The minimum absolute atomic E-state index is 0.00439. The van der Waals surface area contributed by atoms with E-state index in [1.807, 2.05) is 6.07 Å². The third-order valence-electron chi connectivity index (χ3n) is 16.5. The molecule has 6 fully saturated rings. The van der Waals surface area contributed by atoms with E-state index in [0.29, 0.717) is 63.2 Å². The molecule has 6 amide bonds. The summed E-state index contributed by atoms with van der Waals surface area (Å²) in [6, 6.07) is 22.4. The third-order valence-corrected chi connectivity index (χ3v) is 16.5. The summed E-state index contributed by atoms with van der Waals surface area (Å²) < 4.78 is 44.0. The Morgan fingerprint density at radius 2 is 1.08 bits per heavy atom. The Labute approximate surface area is 429 Å². The highest BCUT2D eigenvalue weighted by atomic mass is 19.3. The van der Waals surface area contributed by atoms with Gasteiger partial charge in [-0.15, -0.1) is 0 Å². The van der Waals surface area contributed by atoms with Crippen LogP contribution in [0.3, 0.4) is 0 Å². The fraction of sp³-hybridized carbons (Fsp3) is 0.321. The van der Waals surface area contributed by atoms with E-state index in [9.17, 15) is 37.5 Å². The van der Waals surface area contributed by atoms with Gasteiger partial charge in [0.1, 0.15) is 40.0 Å². The van der Waals surface area contributed by atoms with Gasteiger partial charge in [-0.05, 0) is 99.4 Å². The minimum Gasteiger partial charge on any atom is -0.482 e. The maximum Gasteiger partial charge on any atom is 0.394 e. The fourth-order valence-corrected chi connectivity index (χ4v) is 13.5. The first-order valence-electron chi connectivity index (χ1n) is 24.7. The Morgan fingerprint density at radius 1 is 0.632 bits per heavy atom. The number of hydrogen-bond donors (Lipinski definition) is 6. The van der Waals surface area contributed by atoms with Crippen molar-refractivity contribution in [1.29, 1.82) is 0 Å². The summed E-state index contributed by atoms with van der Waals surface area (Å²) in [6.07, 6.45) is -0.279. The summed E-state index contributed by atoms with van der Waals surface area (Å²) in [4.78, 5) is 84.1. The number of carbonyl (C=O) groups is 6. The van der Waals surface area contributed by atoms with E-state index in [1.54, 1.807) is 60.8 Å². The highest BCUT2D eigenvalue weighted by Gasteiger charge is 3.08. The topological polar surface area (TPSA) is 263 Å². The van der Waals surface area contributed by atoms with Crippen LogP contribution >= 0.6 is 0 Å². The lowest BCUT2D eigenvalue weighted by atomic mass is 8.92. The van der Waals surface area contributed by atoms with Crippen molar-refractivity contribution in [3.8, 4) is 17.2 Å². The first kappa shape index (κ1) is 46.7. The van der Waals surface area contributed by atoms with Gasteiger partial charge in [0.15, 0.2) is 24.5 Å². The summed E-state index contributed by atoms with van der Waals surface area (Å²) in [7, 11) is 0. The van der Waals surface area contributed by atoms with Crippen LogP contribution in [0.5, 0.6) is 17.2 Å². The van der Waals surface area contributed by atoms with Crippen LogP contribution in [0, 0.1) is 46.3 Å². The van der Waals surface area contributed by atoms with Gasteiger partial charge in [-0.3, -0.25) is 28.8 Å². The number of ether oxygens (including phenoxy) is 3. The van der Waals surface area contributed by atoms with Gasteiger partial charge in [0.25, 0.3) is 35.4 Å². The molecule has 0 atom stereocenters. The first-order chi connectivity index (χ1) is 36.6. The summed E-state index contributed by atoms with van der Waals surface area (Å²) in [6.45, 7) is 4.22. The molecule has 2 aliphatic heterocycles. The maximum absolute atomic E-state index is 13.3. The van der Waals surface area contributed by atoms with E-state index in [0.717, 1.165) is 53.2 Å². The largest absolute Gasteiger partial charge is 0.482 e. The van der Waals surface area contributed by atoms with Gasteiger partial charge in [-0.2, -0.15) is 19.0 Å². The van der Waals surface area contributed by atoms with E-state index in [-0.39, 0.29) is 73.4 Å². The number of alkyl halides is 2. The van der Waals surface area contributed by atoms with Gasteiger partial charge in [0.05, 0.1) is 23.8 Å². The van der Waals surface area contributed by atoms with Gasteiger partial charge >= 0.3 is 6.11 Å². The lowest BCUT2D eigenvalue weighted by molar-refractivity contribution is -0.651. The zero-order valence-electron chi connectivity index (χ0n) is 40.6. The van der Waals surface area contributed by atoms with Crippen LogP contribution in [0.2, 0.25) is 0 Å². The molecule has 6 heterocycles. The van der Waals surface area contributed by atoms with Crippen molar-refractivity contribution in [2.24, 2.45) is 46.3 Å². The molecule has 6 aliphatic carbocycles. The number of rotatable bonds is 14. The van der Waals surface area contributed by atoms with Crippen LogP contribution in [-0.4, -0.2) is 90.5 Å². The molecular weight excluding hydrogens is 987 g/mol. The summed E-state index contributed by atoms with van der Waals surface area (Å²) >= 11 is 0. The van der Waals surface area contributed by atoms with Gasteiger partial charge in [0.2, 0.25) is 0 Å². The molecule has 386 valence electrons. The number of amides is 6. The lowest BCUT2D eigenvalue weighted by Crippen LogP contribution is -3.10. The van der Waals surface area contributed by atoms with Crippen molar-refractivity contribution < 1.29 is 51.8 Å². The van der Waals surface area contributed by atoms with Gasteiger partial charge < -0.3 is 46.1 Å². The lowest BCUT2D eigenvalue weighted by Gasteiger charge is -3.11. The van der Waals surface area contributed by atoms with Gasteiger partial charge in [0, 0.05) is 57.4 Å². The molecule has 8 aliphatic rings. The van der Waals surface area contributed by atoms with Crippen LogP contribution in [0.25, 0.3) is 11.3 Å². The number of anilines is 2. The molecule has 0 radical (unpaired) electrons. The predicted molar refractivity (Wildman–Crippen MR) is 262 cm³/mol. The molecule has 6 saturated carbocycles. The molecule has 0 unspecified atom stereocenters. The Hall–Kier alpha value is -9.02. The molecule has 15 rings (SSSR count). The number of nitrogens with zero attached hydrogens (tertiary/aromatic N) is 6. The number of aromatic nitrogens is 6. The quantitative estimate of drug-likeness (QED) is 0.0885. The van der Waals surface area contributed by atoms with Crippen LogP contribution in [0.4, 0.5) is 20.2 Å². The molecule has 7 aromatic rings. The molecule has 0 saturated heterocycles. The fourth-order valence-electron chi connectivity index (χ4n) is 13.5. The van der Waals surface area contributed by atoms with Crippen molar-refractivity contribution in [3.63, 3.8) is 0 Å². The first-order valence-corrected chi connectivity index (χ1v) is 24.7. The average molecular weight is 1030 g/mol. The molecule has 76 heavy (non-hydrogen) atoms. The summed E-state index contributed by atoms with van der Waals surface area (Å²) in [5, 5.41) is 25.4. The number of benzene rings is 3. The second-order valence-corrected chi connectivity index (χ2v) is 20.5. The maximum atomic E-state index is 13.3. The highest BCUT2D eigenvalue weighted by molar-refractivity contribution is 6.00. The number of carbonyl (C=O) groups excluding carboxylic acids is 6.